The fourth-order valence-electron chi connectivity index (χ4n) is 1.05. The third kappa shape index (κ3) is 2.02. The molecule has 1 aromatic rings. The smallest absolute Gasteiger partial charge is 0.445 e. The summed E-state index contributed by atoms with van der Waals surface area (Å²) in [4.78, 5) is 0. The fraction of sp³-hybridized carbons (Fsp3) is 0.125. The standard InChI is InChI=1S/C8H6BF3N/c1-6-2-3-7(5-13)8(4-6)9(10,11)12/h2-4H,1H3/q-1. The summed E-state index contributed by atoms with van der Waals surface area (Å²) in [5.41, 5.74) is -0.603. The van der Waals surface area contributed by atoms with Gasteiger partial charge in [0.2, 0.25) is 0 Å². The Morgan fingerprint density at radius 3 is 2.38 bits per heavy atom. The Morgan fingerprint density at radius 1 is 1.31 bits per heavy atom. The molecule has 68 valence electrons. The number of benzene rings is 1. The zero-order valence-corrected chi connectivity index (χ0v) is 6.89. The zero-order valence-electron chi connectivity index (χ0n) is 6.89. The van der Waals surface area contributed by atoms with Crippen molar-refractivity contribution in [2.45, 2.75) is 6.92 Å². The van der Waals surface area contributed by atoms with Gasteiger partial charge in [0.05, 0.1) is 6.07 Å². The molecule has 0 heterocycles. The lowest BCUT2D eigenvalue weighted by molar-refractivity contribution is 0.501. The van der Waals surface area contributed by atoms with Gasteiger partial charge in [-0.25, -0.2) is 0 Å². The van der Waals surface area contributed by atoms with E-state index < -0.39 is 12.4 Å². The fourth-order valence-corrected chi connectivity index (χ4v) is 1.05. The van der Waals surface area contributed by atoms with E-state index in [0.29, 0.717) is 5.56 Å². The first-order valence-electron chi connectivity index (χ1n) is 3.65. The number of halogens is 3. The summed E-state index contributed by atoms with van der Waals surface area (Å²) in [6.07, 6.45) is 0. The van der Waals surface area contributed by atoms with E-state index in [0.717, 1.165) is 6.07 Å². The molecule has 0 saturated carbocycles. The molecule has 0 aliphatic carbocycles. The Bertz CT molecular complexity index is 365. The van der Waals surface area contributed by atoms with E-state index in [4.69, 9.17) is 5.26 Å². The Morgan fingerprint density at radius 2 is 1.92 bits per heavy atom. The van der Waals surface area contributed by atoms with E-state index >= 15 is 0 Å². The molecule has 0 aliphatic rings. The van der Waals surface area contributed by atoms with Gasteiger partial charge in [0.25, 0.3) is 0 Å². The minimum absolute atomic E-state index is 0.307. The van der Waals surface area contributed by atoms with Crippen molar-refractivity contribution in [3.05, 3.63) is 29.3 Å². The number of hydrogen-bond acceptors (Lipinski definition) is 1. The van der Waals surface area contributed by atoms with Crippen molar-refractivity contribution in [1.82, 2.24) is 0 Å². The highest BCUT2D eigenvalue weighted by molar-refractivity contribution is 6.74. The van der Waals surface area contributed by atoms with Crippen LogP contribution in [-0.2, 0) is 0 Å². The molecule has 0 atom stereocenters. The minimum Gasteiger partial charge on any atom is -0.445 e. The van der Waals surface area contributed by atoms with Crippen molar-refractivity contribution in [2.75, 3.05) is 0 Å². The van der Waals surface area contributed by atoms with E-state index in [9.17, 15) is 12.9 Å². The predicted molar refractivity (Wildman–Crippen MR) is 44.6 cm³/mol. The van der Waals surface area contributed by atoms with Crippen LogP contribution in [0.4, 0.5) is 12.9 Å². The van der Waals surface area contributed by atoms with Gasteiger partial charge < -0.3 is 12.9 Å². The van der Waals surface area contributed by atoms with Crippen LogP contribution in [0, 0.1) is 18.3 Å². The monoisotopic (exact) mass is 184 g/mol. The molecule has 1 nitrogen and oxygen atoms in total. The zero-order chi connectivity index (χ0) is 10.1. The summed E-state index contributed by atoms with van der Waals surface area (Å²) < 4.78 is 37.0. The largest absolute Gasteiger partial charge is 0.510 e. The minimum atomic E-state index is -5.08. The molecular formula is C8H6BF3N-. The molecule has 0 unspecified atom stereocenters. The van der Waals surface area contributed by atoms with Crippen molar-refractivity contribution in [1.29, 1.82) is 5.26 Å². The molecule has 5 heteroatoms. The molecular weight excluding hydrogens is 178 g/mol. The third-order valence-electron chi connectivity index (χ3n) is 1.68. The van der Waals surface area contributed by atoms with E-state index in [1.165, 1.54) is 18.2 Å². The lowest BCUT2D eigenvalue weighted by Gasteiger charge is -2.16. The van der Waals surface area contributed by atoms with Crippen LogP contribution in [0.1, 0.15) is 11.1 Å². The first-order chi connectivity index (χ1) is 5.95. The maximum absolute atomic E-state index is 12.3. The summed E-state index contributed by atoms with van der Waals surface area (Å²) >= 11 is 0. The number of nitrogens with zero attached hydrogens (tertiary/aromatic N) is 1. The van der Waals surface area contributed by atoms with E-state index in [1.54, 1.807) is 6.92 Å². The van der Waals surface area contributed by atoms with Crippen LogP contribution in [0.25, 0.3) is 0 Å². The topological polar surface area (TPSA) is 23.8 Å². The maximum Gasteiger partial charge on any atom is 0.510 e. The number of nitriles is 1. The van der Waals surface area contributed by atoms with Crippen molar-refractivity contribution in [3.8, 4) is 6.07 Å². The lowest BCUT2D eigenvalue weighted by Crippen LogP contribution is -2.36. The number of hydrogen-bond donors (Lipinski definition) is 0. The Hall–Kier alpha value is -1.44. The van der Waals surface area contributed by atoms with E-state index in [1.807, 2.05) is 0 Å². The van der Waals surface area contributed by atoms with Gasteiger partial charge in [0.1, 0.15) is 0 Å². The normalized spacial score (nSPS) is 11.0. The highest BCUT2D eigenvalue weighted by Crippen LogP contribution is 2.12. The second-order valence-electron chi connectivity index (χ2n) is 2.78. The Balaban J connectivity index is 3.35. The first kappa shape index (κ1) is 9.65. The molecule has 0 N–H and O–H groups in total. The number of rotatable bonds is 1. The van der Waals surface area contributed by atoms with Gasteiger partial charge in [0, 0.05) is 5.56 Å². The number of aryl methyl sites for hydroxylation is 1. The molecule has 0 spiro atoms. The average molecular weight is 184 g/mol. The molecule has 0 amide bonds. The maximum atomic E-state index is 12.3. The van der Waals surface area contributed by atoms with Crippen molar-refractivity contribution in [2.24, 2.45) is 0 Å². The lowest BCUT2D eigenvalue weighted by atomic mass is 9.76. The Kier molecular flexibility index (Phi) is 2.33. The van der Waals surface area contributed by atoms with Crippen LogP contribution in [-0.4, -0.2) is 6.98 Å². The SMILES string of the molecule is Cc1ccc(C#N)c([B-](F)(F)F)c1. The van der Waals surface area contributed by atoms with Gasteiger partial charge in [-0.2, -0.15) is 5.26 Å². The highest BCUT2D eigenvalue weighted by Gasteiger charge is 2.28. The Labute approximate surface area is 73.9 Å². The molecule has 1 aromatic carbocycles. The van der Waals surface area contributed by atoms with Gasteiger partial charge in [-0.05, 0) is 13.0 Å². The molecule has 0 saturated heterocycles. The third-order valence-corrected chi connectivity index (χ3v) is 1.68. The quantitative estimate of drug-likeness (QED) is 0.611. The van der Waals surface area contributed by atoms with E-state index in [-0.39, 0.29) is 5.56 Å². The second kappa shape index (κ2) is 3.13. The van der Waals surface area contributed by atoms with Crippen molar-refractivity contribution < 1.29 is 12.9 Å². The van der Waals surface area contributed by atoms with Crippen LogP contribution < -0.4 is 5.46 Å². The van der Waals surface area contributed by atoms with Gasteiger partial charge in [-0.1, -0.05) is 23.2 Å². The second-order valence-corrected chi connectivity index (χ2v) is 2.78. The molecule has 13 heavy (non-hydrogen) atoms. The van der Waals surface area contributed by atoms with Crippen molar-refractivity contribution >= 4 is 12.4 Å². The highest BCUT2D eigenvalue weighted by atomic mass is 19.4. The van der Waals surface area contributed by atoms with Gasteiger partial charge in [-0.15, -0.1) is 0 Å². The van der Waals surface area contributed by atoms with Crippen LogP contribution in [0.2, 0.25) is 0 Å². The van der Waals surface area contributed by atoms with Gasteiger partial charge in [0.15, 0.2) is 0 Å². The van der Waals surface area contributed by atoms with Crippen LogP contribution in [0.5, 0.6) is 0 Å². The molecule has 0 aliphatic heterocycles. The molecule has 0 aromatic heterocycles. The summed E-state index contributed by atoms with van der Waals surface area (Å²) in [6, 6.07) is 5.21. The predicted octanol–water partition coefficient (Wildman–Crippen LogP) is 1.92. The van der Waals surface area contributed by atoms with Crippen LogP contribution in [0.3, 0.4) is 0 Å². The first-order valence-corrected chi connectivity index (χ1v) is 3.65. The van der Waals surface area contributed by atoms with Crippen LogP contribution >= 0.6 is 0 Å². The summed E-state index contributed by atoms with van der Waals surface area (Å²) in [5.74, 6) is 0. The summed E-state index contributed by atoms with van der Waals surface area (Å²) in [6.45, 7) is -3.52. The van der Waals surface area contributed by atoms with Gasteiger partial charge >= 0.3 is 6.98 Å². The summed E-state index contributed by atoms with van der Waals surface area (Å²) in [7, 11) is 0. The average Bonchev–Trinajstić information content (AvgIpc) is 2.03. The molecule has 0 fully saturated rings. The van der Waals surface area contributed by atoms with E-state index in [2.05, 4.69) is 0 Å². The molecule has 0 bridgehead atoms. The molecule has 0 radical (unpaired) electrons. The van der Waals surface area contributed by atoms with Crippen LogP contribution in [0.15, 0.2) is 18.2 Å². The van der Waals surface area contributed by atoms with Gasteiger partial charge in [-0.3, -0.25) is 0 Å². The molecule has 1 rings (SSSR count). The summed E-state index contributed by atoms with van der Waals surface area (Å²) in [5, 5.41) is 8.43. The van der Waals surface area contributed by atoms with Crippen molar-refractivity contribution in [3.63, 3.8) is 0 Å².